The van der Waals surface area contributed by atoms with E-state index in [9.17, 15) is 13.0 Å². The highest BCUT2D eigenvalue weighted by molar-refractivity contribution is 8.02. The van der Waals surface area contributed by atoms with Gasteiger partial charge in [0.15, 0.2) is 0 Å². The van der Waals surface area contributed by atoms with Crippen molar-refractivity contribution in [3.05, 3.63) is 0 Å². The Labute approximate surface area is 77.8 Å². The van der Waals surface area contributed by atoms with E-state index in [0.717, 1.165) is 12.8 Å². The van der Waals surface area contributed by atoms with E-state index in [1.807, 2.05) is 0 Å². The van der Waals surface area contributed by atoms with Crippen LogP contribution in [0.3, 0.4) is 0 Å². The summed E-state index contributed by atoms with van der Waals surface area (Å²) in [6.07, 6.45) is 1.87. The Morgan fingerprint density at radius 1 is 1.50 bits per heavy atom. The van der Waals surface area contributed by atoms with Crippen molar-refractivity contribution in [2.75, 3.05) is 5.75 Å². The van der Waals surface area contributed by atoms with Crippen LogP contribution < -0.4 is 0 Å². The average Bonchev–Trinajstić information content (AvgIpc) is 1.83. The highest BCUT2D eigenvalue weighted by Gasteiger charge is 1.97. The molecule has 0 saturated carbocycles. The fourth-order valence-corrected chi connectivity index (χ4v) is 1.67. The molecule has 0 fully saturated rings. The molecule has 0 aliphatic carbocycles. The Hall–Kier alpha value is 0.220. The van der Waals surface area contributed by atoms with Gasteiger partial charge in [0.05, 0.1) is 0 Å². The van der Waals surface area contributed by atoms with Crippen molar-refractivity contribution in [2.24, 2.45) is 5.92 Å². The average molecular weight is 213 g/mol. The molecule has 74 valence electrons. The zero-order valence-electron chi connectivity index (χ0n) is 7.15. The summed E-state index contributed by atoms with van der Waals surface area (Å²) in [5, 5.41) is 0. The van der Waals surface area contributed by atoms with Gasteiger partial charge in [0.2, 0.25) is 10.4 Å². The van der Waals surface area contributed by atoms with E-state index in [-0.39, 0.29) is 0 Å². The summed E-state index contributed by atoms with van der Waals surface area (Å²) in [4.78, 5) is 0. The van der Waals surface area contributed by atoms with Crippen LogP contribution in [0, 0.1) is 5.92 Å². The summed E-state index contributed by atoms with van der Waals surface area (Å²) in [6, 6.07) is 0. The monoisotopic (exact) mass is 213 g/mol. The van der Waals surface area contributed by atoms with Gasteiger partial charge in [0, 0.05) is 17.8 Å². The van der Waals surface area contributed by atoms with E-state index in [2.05, 4.69) is 17.5 Å². The normalized spacial score (nSPS) is 12.3. The van der Waals surface area contributed by atoms with Crippen molar-refractivity contribution in [2.45, 2.75) is 26.7 Å². The molecule has 4 nitrogen and oxygen atoms in total. The van der Waals surface area contributed by atoms with Crippen LogP contribution in [0.2, 0.25) is 0 Å². The predicted molar refractivity (Wildman–Crippen MR) is 47.3 cm³/mol. The van der Waals surface area contributed by atoms with Crippen LogP contribution in [0.4, 0.5) is 0 Å². The van der Waals surface area contributed by atoms with Gasteiger partial charge in [0.25, 0.3) is 0 Å². The molecule has 6 heteroatoms. The zero-order chi connectivity index (χ0) is 9.61. The first-order valence-electron chi connectivity index (χ1n) is 3.68. The smallest absolute Gasteiger partial charge is 0.228 e. The molecule has 0 heterocycles. The molecule has 0 amide bonds. The summed E-state index contributed by atoms with van der Waals surface area (Å²) < 4.78 is 33.7. The molecular weight excluding hydrogens is 200 g/mol. The van der Waals surface area contributed by atoms with Gasteiger partial charge in [-0.15, -0.1) is 0 Å². The summed E-state index contributed by atoms with van der Waals surface area (Å²) >= 11 is 0.702. The summed E-state index contributed by atoms with van der Waals surface area (Å²) in [5.41, 5.74) is 0. The van der Waals surface area contributed by atoms with Crippen LogP contribution in [0.5, 0.6) is 0 Å². The Morgan fingerprint density at radius 2 is 2.08 bits per heavy atom. The molecule has 0 atom stereocenters. The van der Waals surface area contributed by atoms with Crippen molar-refractivity contribution in [1.29, 1.82) is 0 Å². The minimum Gasteiger partial charge on any atom is -0.725 e. The Balaban J connectivity index is 3.23. The van der Waals surface area contributed by atoms with E-state index in [1.54, 1.807) is 0 Å². The molecule has 0 spiro atoms. The third kappa shape index (κ3) is 10.2. The standard InChI is InChI=1S/C6H14O4S2/c1-6(2)4-3-5-11-10-12(7,8)9/h6H,3-5H2,1-2H3,(H,7,8,9)/p-1. The van der Waals surface area contributed by atoms with Crippen LogP contribution in [0.1, 0.15) is 26.7 Å². The van der Waals surface area contributed by atoms with Gasteiger partial charge >= 0.3 is 0 Å². The predicted octanol–water partition coefficient (Wildman–Crippen LogP) is 1.55. The second-order valence-corrected chi connectivity index (χ2v) is 4.84. The van der Waals surface area contributed by atoms with Crippen LogP contribution in [0.15, 0.2) is 0 Å². The molecule has 0 aliphatic rings. The highest BCUT2D eigenvalue weighted by Crippen LogP contribution is 2.12. The van der Waals surface area contributed by atoms with Gasteiger partial charge in [-0.2, -0.15) is 0 Å². The van der Waals surface area contributed by atoms with Crippen molar-refractivity contribution in [3.63, 3.8) is 0 Å². The molecule has 0 unspecified atom stereocenters. The molecular formula is C6H13O4S2-. The topological polar surface area (TPSA) is 66.4 Å². The highest BCUT2D eigenvalue weighted by atomic mass is 32.3. The van der Waals surface area contributed by atoms with Gasteiger partial charge < -0.3 is 4.55 Å². The molecule has 0 bridgehead atoms. The maximum Gasteiger partial charge on any atom is 0.228 e. The summed E-state index contributed by atoms with van der Waals surface area (Å²) in [6.45, 7) is 4.16. The second kappa shape index (κ2) is 5.80. The van der Waals surface area contributed by atoms with Crippen LogP contribution >= 0.6 is 12.0 Å². The lowest BCUT2D eigenvalue weighted by Gasteiger charge is -2.06. The number of rotatable bonds is 6. The first-order chi connectivity index (χ1) is 5.42. The molecule has 0 rings (SSSR count). The van der Waals surface area contributed by atoms with Crippen molar-refractivity contribution in [1.82, 2.24) is 0 Å². The van der Waals surface area contributed by atoms with E-state index in [1.165, 1.54) is 0 Å². The largest absolute Gasteiger partial charge is 0.725 e. The lowest BCUT2D eigenvalue weighted by molar-refractivity contribution is 0.391. The number of hydrogen-bond acceptors (Lipinski definition) is 5. The maximum absolute atomic E-state index is 9.93. The molecule has 0 saturated heterocycles. The SMILES string of the molecule is CC(C)CCCSOS(=O)(=O)[O-]. The molecule has 0 aromatic rings. The van der Waals surface area contributed by atoms with Gasteiger partial charge in [-0.05, 0) is 12.3 Å². The molecule has 0 radical (unpaired) electrons. The summed E-state index contributed by atoms with van der Waals surface area (Å²) in [5.74, 6) is 1.13. The van der Waals surface area contributed by atoms with E-state index in [4.69, 9.17) is 0 Å². The van der Waals surface area contributed by atoms with E-state index >= 15 is 0 Å². The third-order valence-electron chi connectivity index (χ3n) is 1.14. The van der Waals surface area contributed by atoms with Crippen LogP contribution in [-0.2, 0) is 14.0 Å². The van der Waals surface area contributed by atoms with Gasteiger partial charge in [-0.3, -0.25) is 0 Å². The Bertz CT molecular complexity index is 198. The van der Waals surface area contributed by atoms with Gasteiger partial charge in [-0.1, -0.05) is 20.3 Å². The first-order valence-corrected chi connectivity index (χ1v) is 5.93. The van der Waals surface area contributed by atoms with E-state index < -0.39 is 10.4 Å². The molecule has 0 aliphatic heterocycles. The fourth-order valence-electron chi connectivity index (χ4n) is 0.643. The molecule has 12 heavy (non-hydrogen) atoms. The molecule has 0 N–H and O–H groups in total. The Kier molecular flexibility index (Phi) is 5.90. The summed E-state index contributed by atoms with van der Waals surface area (Å²) in [7, 11) is -4.51. The van der Waals surface area contributed by atoms with Gasteiger partial charge in [0.1, 0.15) is 0 Å². The van der Waals surface area contributed by atoms with Crippen LogP contribution in [-0.4, -0.2) is 18.7 Å². The van der Waals surface area contributed by atoms with Gasteiger partial charge in [-0.25, -0.2) is 12.0 Å². The lowest BCUT2D eigenvalue weighted by Crippen LogP contribution is -1.98. The fraction of sp³-hybridized carbons (Fsp3) is 1.00. The lowest BCUT2D eigenvalue weighted by atomic mass is 10.1. The Morgan fingerprint density at radius 3 is 2.50 bits per heavy atom. The maximum atomic E-state index is 9.93. The third-order valence-corrected chi connectivity index (χ3v) is 2.65. The van der Waals surface area contributed by atoms with Crippen molar-refractivity contribution in [3.8, 4) is 0 Å². The minimum absolute atomic E-state index is 0.541. The quantitative estimate of drug-likeness (QED) is 0.290. The van der Waals surface area contributed by atoms with Crippen molar-refractivity contribution >= 4 is 22.4 Å². The zero-order valence-corrected chi connectivity index (χ0v) is 8.78. The van der Waals surface area contributed by atoms with Crippen molar-refractivity contribution < 1.29 is 16.6 Å². The number of hydrogen-bond donors (Lipinski definition) is 0. The second-order valence-electron chi connectivity index (χ2n) is 2.83. The molecule has 0 aromatic carbocycles. The minimum atomic E-state index is -4.51. The van der Waals surface area contributed by atoms with E-state index in [0.29, 0.717) is 23.7 Å². The first kappa shape index (κ1) is 12.2. The molecule has 0 aromatic heterocycles. The van der Waals surface area contributed by atoms with Crippen LogP contribution in [0.25, 0.3) is 0 Å².